The number of aryl methyl sites for hydroxylation is 1. The van der Waals surface area contributed by atoms with Crippen molar-refractivity contribution in [3.05, 3.63) is 83.2 Å². The van der Waals surface area contributed by atoms with Gasteiger partial charge in [-0.1, -0.05) is 25.1 Å². The highest BCUT2D eigenvalue weighted by atomic mass is 16.5. The zero-order valence-corrected chi connectivity index (χ0v) is 20.2. The smallest absolute Gasteiger partial charge is 0.255 e. The Morgan fingerprint density at radius 3 is 2.49 bits per heavy atom. The second-order valence-corrected chi connectivity index (χ2v) is 8.58. The van der Waals surface area contributed by atoms with Crippen molar-refractivity contribution in [3.8, 4) is 11.5 Å². The molecule has 1 aliphatic rings. The van der Waals surface area contributed by atoms with Crippen molar-refractivity contribution < 1.29 is 14.3 Å². The Kier molecular flexibility index (Phi) is 6.23. The Bertz CT molecular complexity index is 1390. The first-order valence-corrected chi connectivity index (χ1v) is 11.7. The maximum absolute atomic E-state index is 12.8. The number of carbonyl (C=O) groups excluding carboxylic acids is 1. The molecule has 1 N–H and O–H groups in total. The van der Waals surface area contributed by atoms with Gasteiger partial charge in [-0.25, -0.2) is 9.97 Å². The minimum atomic E-state index is -0.108. The summed E-state index contributed by atoms with van der Waals surface area (Å²) in [7, 11) is 3.24. The van der Waals surface area contributed by atoms with Crippen LogP contribution >= 0.6 is 0 Å². The zero-order chi connectivity index (χ0) is 24.4. The molecule has 4 aromatic rings. The molecule has 3 aromatic carbocycles. The summed E-state index contributed by atoms with van der Waals surface area (Å²) >= 11 is 0. The van der Waals surface area contributed by atoms with Gasteiger partial charge in [0.15, 0.2) is 11.5 Å². The van der Waals surface area contributed by atoms with E-state index >= 15 is 0 Å². The third-order valence-corrected chi connectivity index (χ3v) is 6.52. The van der Waals surface area contributed by atoms with Gasteiger partial charge in [-0.05, 0) is 59.9 Å². The largest absolute Gasteiger partial charge is 0.493 e. The van der Waals surface area contributed by atoms with Gasteiger partial charge in [-0.15, -0.1) is 0 Å². The van der Waals surface area contributed by atoms with Gasteiger partial charge < -0.3 is 19.7 Å². The maximum atomic E-state index is 12.8. The number of benzene rings is 3. The number of hydrogen-bond acceptors (Lipinski definition) is 6. The van der Waals surface area contributed by atoms with Crippen LogP contribution in [-0.2, 0) is 19.4 Å². The molecule has 2 heterocycles. The summed E-state index contributed by atoms with van der Waals surface area (Å²) in [6.45, 7) is 3.62. The summed E-state index contributed by atoms with van der Waals surface area (Å²) in [6, 6.07) is 17.7. The van der Waals surface area contributed by atoms with E-state index in [4.69, 9.17) is 9.47 Å². The molecule has 0 saturated carbocycles. The monoisotopic (exact) mass is 468 g/mol. The third-order valence-electron chi connectivity index (χ3n) is 6.52. The van der Waals surface area contributed by atoms with Gasteiger partial charge in [0.25, 0.3) is 5.91 Å². The molecule has 0 fully saturated rings. The number of amides is 1. The van der Waals surface area contributed by atoms with Crippen LogP contribution < -0.4 is 19.7 Å². The van der Waals surface area contributed by atoms with Crippen molar-refractivity contribution in [2.75, 3.05) is 31.0 Å². The lowest BCUT2D eigenvalue weighted by Crippen LogP contribution is -2.31. The van der Waals surface area contributed by atoms with E-state index in [1.807, 2.05) is 42.5 Å². The van der Waals surface area contributed by atoms with Crippen LogP contribution in [0.1, 0.15) is 34.0 Å². The van der Waals surface area contributed by atoms with Crippen LogP contribution in [0.5, 0.6) is 11.5 Å². The number of carbonyl (C=O) groups is 1. The number of rotatable bonds is 6. The van der Waals surface area contributed by atoms with E-state index in [-0.39, 0.29) is 5.91 Å². The van der Waals surface area contributed by atoms with Crippen LogP contribution in [0.25, 0.3) is 10.9 Å². The molecular weight excluding hydrogens is 440 g/mol. The van der Waals surface area contributed by atoms with Crippen LogP contribution in [0, 0.1) is 0 Å². The summed E-state index contributed by atoms with van der Waals surface area (Å²) in [5.41, 5.74) is 5.90. The Morgan fingerprint density at radius 1 is 0.971 bits per heavy atom. The molecule has 7 nitrogen and oxygen atoms in total. The molecule has 35 heavy (non-hydrogen) atoms. The number of anilines is 2. The first-order chi connectivity index (χ1) is 17.1. The molecule has 0 aliphatic carbocycles. The third kappa shape index (κ3) is 4.49. The molecule has 0 saturated heterocycles. The standard InChI is InChI=1S/C28H28N4O3/c1-4-18-5-7-20(8-6-18)28(33)31-22-10-9-19-11-12-32(16-21(19)13-22)27-23-14-25(34-2)26(35-3)15-24(23)29-17-30-27/h5-10,13-15,17H,4,11-12,16H2,1-3H3,(H,31,33). The highest BCUT2D eigenvalue weighted by molar-refractivity contribution is 6.04. The maximum Gasteiger partial charge on any atom is 0.255 e. The molecule has 178 valence electrons. The van der Waals surface area contributed by atoms with Crippen LogP contribution in [0.15, 0.2) is 60.9 Å². The fourth-order valence-electron chi connectivity index (χ4n) is 4.53. The van der Waals surface area contributed by atoms with E-state index in [1.165, 1.54) is 16.7 Å². The molecule has 0 unspecified atom stereocenters. The normalized spacial score (nSPS) is 12.8. The van der Waals surface area contributed by atoms with Crippen LogP contribution in [0.4, 0.5) is 11.5 Å². The van der Waals surface area contributed by atoms with Crippen molar-refractivity contribution in [1.29, 1.82) is 0 Å². The van der Waals surface area contributed by atoms with E-state index in [9.17, 15) is 4.79 Å². The Labute approximate surface area is 204 Å². The van der Waals surface area contributed by atoms with Crippen molar-refractivity contribution in [2.24, 2.45) is 0 Å². The second-order valence-electron chi connectivity index (χ2n) is 8.58. The summed E-state index contributed by atoms with van der Waals surface area (Å²) < 4.78 is 10.9. The first-order valence-electron chi connectivity index (χ1n) is 11.7. The Hall–Kier alpha value is -4.13. The summed E-state index contributed by atoms with van der Waals surface area (Å²) in [4.78, 5) is 24.0. The van der Waals surface area contributed by atoms with E-state index in [1.54, 1.807) is 20.5 Å². The van der Waals surface area contributed by atoms with E-state index in [0.717, 1.165) is 41.8 Å². The lowest BCUT2D eigenvalue weighted by Gasteiger charge is -2.31. The van der Waals surface area contributed by atoms with Gasteiger partial charge in [0.1, 0.15) is 12.1 Å². The lowest BCUT2D eigenvalue weighted by atomic mass is 9.98. The van der Waals surface area contributed by atoms with Gasteiger partial charge >= 0.3 is 0 Å². The number of methoxy groups -OCH3 is 2. The summed E-state index contributed by atoms with van der Waals surface area (Å²) in [5.74, 6) is 2.03. The van der Waals surface area contributed by atoms with Crippen molar-refractivity contribution >= 4 is 28.3 Å². The lowest BCUT2D eigenvalue weighted by molar-refractivity contribution is 0.102. The van der Waals surface area contributed by atoms with Gasteiger partial charge in [0.2, 0.25) is 0 Å². The van der Waals surface area contributed by atoms with Crippen molar-refractivity contribution in [1.82, 2.24) is 9.97 Å². The SMILES string of the molecule is CCc1ccc(C(=O)Nc2ccc3c(c2)CN(c2ncnc4cc(OC)c(OC)cc24)CC3)cc1. The van der Waals surface area contributed by atoms with Crippen molar-refractivity contribution in [3.63, 3.8) is 0 Å². The van der Waals surface area contributed by atoms with E-state index in [0.29, 0.717) is 23.6 Å². The highest BCUT2D eigenvalue weighted by Gasteiger charge is 2.21. The fourth-order valence-corrected chi connectivity index (χ4v) is 4.53. The molecule has 0 radical (unpaired) electrons. The minimum Gasteiger partial charge on any atom is -0.493 e. The predicted octanol–water partition coefficient (Wildman–Crippen LogP) is 5.02. The van der Waals surface area contributed by atoms with Gasteiger partial charge in [0, 0.05) is 35.8 Å². The number of nitrogens with zero attached hydrogens (tertiary/aromatic N) is 3. The second kappa shape index (κ2) is 9.62. The summed E-state index contributed by atoms with van der Waals surface area (Å²) in [6.07, 6.45) is 3.42. The van der Waals surface area contributed by atoms with Gasteiger partial charge in [0.05, 0.1) is 19.7 Å². The van der Waals surface area contributed by atoms with Crippen LogP contribution in [-0.4, -0.2) is 36.6 Å². The molecule has 1 aromatic heterocycles. The Balaban J connectivity index is 1.40. The molecule has 1 amide bonds. The van der Waals surface area contributed by atoms with Gasteiger partial charge in [-0.3, -0.25) is 4.79 Å². The predicted molar refractivity (Wildman–Crippen MR) is 138 cm³/mol. The van der Waals surface area contributed by atoms with Crippen LogP contribution in [0.3, 0.4) is 0 Å². The molecule has 0 atom stereocenters. The quantitative estimate of drug-likeness (QED) is 0.428. The molecule has 0 bridgehead atoms. The molecule has 1 aliphatic heterocycles. The number of aromatic nitrogens is 2. The molecule has 7 heteroatoms. The van der Waals surface area contributed by atoms with E-state index < -0.39 is 0 Å². The average Bonchev–Trinajstić information content (AvgIpc) is 2.91. The number of ether oxygens (including phenoxy) is 2. The summed E-state index contributed by atoms with van der Waals surface area (Å²) in [5, 5.41) is 3.95. The fraction of sp³-hybridized carbons (Fsp3) is 0.250. The number of fused-ring (bicyclic) bond motifs is 2. The van der Waals surface area contributed by atoms with Crippen LogP contribution in [0.2, 0.25) is 0 Å². The average molecular weight is 469 g/mol. The molecular formula is C28H28N4O3. The topological polar surface area (TPSA) is 76.6 Å². The zero-order valence-electron chi connectivity index (χ0n) is 20.2. The number of nitrogens with one attached hydrogen (secondary N) is 1. The van der Waals surface area contributed by atoms with Gasteiger partial charge in [-0.2, -0.15) is 0 Å². The van der Waals surface area contributed by atoms with Crippen molar-refractivity contribution in [2.45, 2.75) is 26.3 Å². The number of hydrogen-bond donors (Lipinski definition) is 1. The highest BCUT2D eigenvalue weighted by Crippen LogP contribution is 2.36. The minimum absolute atomic E-state index is 0.108. The molecule has 0 spiro atoms. The van der Waals surface area contributed by atoms with E-state index in [2.05, 4.69) is 39.2 Å². The Morgan fingerprint density at radius 2 is 1.74 bits per heavy atom. The first kappa shape index (κ1) is 22.7. The molecule has 5 rings (SSSR count).